The second-order valence-corrected chi connectivity index (χ2v) is 10.8. The molecule has 4 N–H and O–H groups in total. The Morgan fingerprint density at radius 1 is 0.909 bits per heavy atom. The number of carbonyl (C=O) groups is 2. The maximum absolute atomic E-state index is 14.7. The van der Waals surface area contributed by atoms with Crippen LogP contribution in [0, 0.1) is 5.82 Å². The van der Waals surface area contributed by atoms with E-state index >= 15 is 0 Å². The number of amides is 3. The van der Waals surface area contributed by atoms with Crippen molar-refractivity contribution >= 4 is 17.6 Å². The lowest BCUT2D eigenvalue weighted by atomic mass is 9.91. The van der Waals surface area contributed by atoms with Gasteiger partial charge in [0.15, 0.2) is 0 Å². The van der Waals surface area contributed by atoms with Crippen molar-refractivity contribution in [3.63, 3.8) is 0 Å². The van der Waals surface area contributed by atoms with Crippen LogP contribution in [0.2, 0.25) is 0 Å². The Morgan fingerprint density at radius 2 is 1.50 bits per heavy atom. The maximum Gasteiger partial charge on any atom is 0.430 e. The number of benzene rings is 2. The first-order chi connectivity index (χ1) is 20.5. The fraction of sp³-hybridized carbons (Fsp3) is 0.500. The van der Waals surface area contributed by atoms with Gasteiger partial charge in [-0.15, -0.1) is 0 Å². The van der Waals surface area contributed by atoms with Gasteiger partial charge >= 0.3 is 18.4 Å². The predicted molar refractivity (Wildman–Crippen MR) is 142 cm³/mol. The summed E-state index contributed by atoms with van der Waals surface area (Å²) in [6.45, 7) is 1.93. The summed E-state index contributed by atoms with van der Waals surface area (Å²) >= 11 is 0. The number of nitrogens with one attached hydrogen (secondary N) is 2. The van der Waals surface area contributed by atoms with Crippen LogP contribution >= 0.6 is 0 Å². The van der Waals surface area contributed by atoms with Crippen molar-refractivity contribution in [3.8, 4) is 0 Å². The molecule has 0 spiro atoms. The van der Waals surface area contributed by atoms with Gasteiger partial charge in [-0.2, -0.15) is 26.3 Å². The van der Waals surface area contributed by atoms with E-state index in [2.05, 4.69) is 10.6 Å². The molecule has 2 aromatic carbocycles. The molecule has 0 saturated carbocycles. The molecule has 0 aliphatic carbocycles. The van der Waals surface area contributed by atoms with Crippen LogP contribution in [-0.4, -0.2) is 95.8 Å². The molecule has 16 heteroatoms. The minimum Gasteiger partial charge on any atom is -0.388 e. The second kappa shape index (κ2) is 12.9. The first-order valence-electron chi connectivity index (χ1n) is 13.6. The number of urea groups is 1. The number of nitrogens with zero attached hydrogens (tertiary/aromatic N) is 2. The minimum atomic E-state index is -5.97. The number of hydrogen-bond acceptors (Lipinski definition) is 6. The van der Waals surface area contributed by atoms with Crippen molar-refractivity contribution in [1.29, 1.82) is 0 Å². The van der Waals surface area contributed by atoms with Gasteiger partial charge < -0.3 is 30.5 Å². The summed E-state index contributed by atoms with van der Waals surface area (Å²) in [5, 5.41) is 24.8. The van der Waals surface area contributed by atoms with E-state index in [1.807, 2.05) is 4.90 Å². The third-order valence-corrected chi connectivity index (χ3v) is 7.72. The van der Waals surface area contributed by atoms with Crippen LogP contribution in [-0.2, 0) is 16.9 Å². The number of carbonyl (C=O) groups excluding carboxylic acids is 2. The van der Waals surface area contributed by atoms with Crippen molar-refractivity contribution in [1.82, 2.24) is 15.1 Å². The molecule has 0 bridgehead atoms. The van der Waals surface area contributed by atoms with Gasteiger partial charge in [0.05, 0.1) is 11.3 Å². The molecular formula is C28H31F7N4O5. The highest BCUT2D eigenvalue weighted by Gasteiger charge is 2.71. The van der Waals surface area contributed by atoms with E-state index in [-0.39, 0.29) is 37.4 Å². The van der Waals surface area contributed by atoms with Gasteiger partial charge in [-0.25, -0.2) is 9.18 Å². The number of anilines is 1. The van der Waals surface area contributed by atoms with Crippen LogP contribution in [0.5, 0.6) is 0 Å². The monoisotopic (exact) mass is 636 g/mol. The number of halogens is 7. The summed E-state index contributed by atoms with van der Waals surface area (Å²) in [6, 6.07) is 6.16. The molecule has 0 radical (unpaired) electrons. The highest BCUT2D eigenvalue weighted by Crippen LogP contribution is 2.50. The van der Waals surface area contributed by atoms with Crippen LogP contribution < -0.4 is 10.6 Å². The molecule has 4 rings (SSSR count). The summed E-state index contributed by atoms with van der Waals surface area (Å²) in [5.74, 6) is -1.31. The maximum atomic E-state index is 14.7. The number of hydrogen-bond donors (Lipinski definition) is 4. The zero-order chi connectivity index (χ0) is 32.3. The highest BCUT2D eigenvalue weighted by atomic mass is 19.4. The van der Waals surface area contributed by atoms with Crippen LogP contribution in [0.4, 0.5) is 41.2 Å². The Kier molecular flexibility index (Phi) is 9.78. The molecule has 44 heavy (non-hydrogen) atoms. The average Bonchev–Trinajstić information content (AvgIpc) is 2.96. The molecule has 9 nitrogen and oxygen atoms in total. The molecule has 0 aromatic heterocycles. The lowest BCUT2D eigenvalue weighted by Gasteiger charge is -2.35. The Balaban J connectivity index is 1.28. The lowest BCUT2D eigenvalue weighted by molar-refractivity contribution is -0.376. The molecule has 2 aliphatic rings. The van der Waals surface area contributed by atoms with Crippen LogP contribution in [0.1, 0.15) is 34.3 Å². The topological polar surface area (TPSA) is 114 Å². The number of rotatable bonds is 7. The van der Waals surface area contributed by atoms with Gasteiger partial charge in [0.25, 0.3) is 11.5 Å². The van der Waals surface area contributed by atoms with E-state index in [0.717, 1.165) is 18.2 Å². The molecule has 2 fully saturated rings. The standard InChI is InChI=1S/C28H31F7N4O5/c29-21-15-19(3-6-22(21)37-24(41)36-17-25(42)7-13-44-14-8-25)23(40)39-11-9-38(10-12-39)16-18-1-4-20(5-2-18)26(43,27(30,31)32)28(33,34)35/h1-6,15,42-43H,7-14,16-17H2,(H2,36,37,41). The number of alkyl halides is 6. The minimum absolute atomic E-state index is 0.0378. The Labute approximate surface area is 247 Å². The Bertz CT molecular complexity index is 1310. The number of piperazine rings is 1. The van der Waals surface area contributed by atoms with Crippen molar-refractivity contribution in [3.05, 3.63) is 65.0 Å². The summed E-state index contributed by atoms with van der Waals surface area (Å²) < 4.78 is 98.6. The fourth-order valence-electron chi connectivity index (χ4n) is 4.98. The molecule has 0 unspecified atom stereocenters. The molecule has 242 valence electrons. The molecule has 2 aliphatic heterocycles. The average molecular weight is 637 g/mol. The summed E-state index contributed by atoms with van der Waals surface area (Å²) in [7, 11) is 0. The quantitative estimate of drug-likeness (QED) is 0.345. The first kappa shape index (κ1) is 33.4. The van der Waals surface area contributed by atoms with E-state index in [0.29, 0.717) is 56.8 Å². The van der Waals surface area contributed by atoms with Crippen LogP contribution in [0.3, 0.4) is 0 Å². The fourth-order valence-corrected chi connectivity index (χ4v) is 4.98. The SMILES string of the molecule is O=C(NCC1(O)CCOCC1)Nc1ccc(C(=O)N2CCN(Cc3ccc(C(O)(C(F)(F)F)C(F)(F)F)cc3)CC2)cc1F. The number of aliphatic hydroxyl groups is 2. The molecule has 0 atom stereocenters. The predicted octanol–water partition coefficient (Wildman–Crippen LogP) is 3.76. The van der Waals surface area contributed by atoms with Gasteiger partial charge in [0, 0.05) is 76.5 Å². The van der Waals surface area contributed by atoms with E-state index in [4.69, 9.17) is 4.74 Å². The van der Waals surface area contributed by atoms with Gasteiger partial charge in [0.1, 0.15) is 5.82 Å². The van der Waals surface area contributed by atoms with Gasteiger partial charge in [0.2, 0.25) is 0 Å². The summed E-state index contributed by atoms with van der Waals surface area (Å²) in [5.41, 5.74) is -7.19. The normalized spacial score (nSPS) is 18.2. The van der Waals surface area contributed by atoms with Crippen molar-refractivity contribution < 1.29 is 55.3 Å². The van der Waals surface area contributed by atoms with E-state index in [1.165, 1.54) is 17.0 Å². The first-order valence-corrected chi connectivity index (χ1v) is 13.6. The van der Waals surface area contributed by atoms with Crippen molar-refractivity contribution in [2.24, 2.45) is 0 Å². The van der Waals surface area contributed by atoms with Gasteiger partial charge in [-0.05, 0) is 23.8 Å². The molecular weight excluding hydrogens is 605 g/mol. The van der Waals surface area contributed by atoms with Crippen molar-refractivity contribution in [2.75, 3.05) is 51.3 Å². The van der Waals surface area contributed by atoms with Crippen LogP contribution in [0.15, 0.2) is 42.5 Å². The lowest BCUT2D eigenvalue weighted by Crippen LogP contribution is -2.53. The molecule has 2 heterocycles. The van der Waals surface area contributed by atoms with Gasteiger partial charge in [-0.1, -0.05) is 24.3 Å². The van der Waals surface area contributed by atoms with E-state index < -0.39 is 46.9 Å². The molecule has 2 saturated heterocycles. The largest absolute Gasteiger partial charge is 0.430 e. The third kappa shape index (κ3) is 7.42. The number of ether oxygens (including phenoxy) is 1. The zero-order valence-corrected chi connectivity index (χ0v) is 23.3. The summed E-state index contributed by atoms with van der Waals surface area (Å²) in [6.07, 6.45) is -11.2. The van der Waals surface area contributed by atoms with Crippen molar-refractivity contribution in [2.45, 2.75) is 42.9 Å². The smallest absolute Gasteiger partial charge is 0.388 e. The van der Waals surface area contributed by atoms with E-state index in [1.54, 1.807) is 0 Å². The van der Waals surface area contributed by atoms with Gasteiger partial charge in [-0.3, -0.25) is 9.69 Å². The second-order valence-electron chi connectivity index (χ2n) is 10.8. The molecule has 3 amide bonds. The summed E-state index contributed by atoms with van der Waals surface area (Å²) in [4.78, 5) is 28.5. The molecule has 2 aromatic rings. The highest BCUT2D eigenvalue weighted by molar-refractivity contribution is 5.95. The Hall–Kier alpha value is -3.47. The zero-order valence-electron chi connectivity index (χ0n) is 23.3. The Morgan fingerprint density at radius 3 is 2.05 bits per heavy atom. The van der Waals surface area contributed by atoms with E-state index in [9.17, 15) is 50.5 Å². The van der Waals surface area contributed by atoms with Crippen LogP contribution in [0.25, 0.3) is 0 Å². The third-order valence-electron chi connectivity index (χ3n) is 7.72.